The molecular weight excluding hydrogens is 263 g/mol. The van der Waals surface area contributed by atoms with Crippen molar-refractivity contribution in [3.05, 3.63) is 47.0 Å². The van der Waals surface area contributed by atoms with E-state index < -0.39 is 0 Å². The number of aromatic nitrogens is 3. The van der Waals surface area contributed by atoms with Crippen molar-refractivity contribution in [2.24, 2.45) is 0 Å². The highest BCUT2D eigenvalue weighted by molar-refractivity contribution is 5.75. The van der Waals surface area contributed by atoms with Crippen molar-refractivity contribution in [1.29, 1.82) is 0 Å². The number of likely N-dealkylation sites (N-methyl/N-ethyl adjacent to an activating group) is 1. The number of aliphatic hydroxyl groups is 1. The standard InChI is InChI=1S/C13H15FN4O2/c1-15-13(20)7-18-12(11(8-19)16-17-18)6-9-2-4-10(14)5-3-9/h2-5,19H,6-8H2,1H3,(H,15,20). The van der Waals surface area contributed by atoms with Crippen LogP contribution in [-0.2, 0) is 24.4 Å². The molecule has 0 unspecified atom stereocenters. The van der Waals surface area contributed by atoms with Gasteiger partial charge in [-0.15, -0.1) is 5.10 Å². The molecule has 2 N–H and O–H groups in total. The Hall–Kier alpha value is -2.28. The van der Waals surface area contributed by atoms with Crippen molar-refractivity contribution in [3.63, 3.8) is 0 Å². The van der Waals surface area contributed by atoms with E-state index in [-0.39, 0.29) is 24.9 Å². The summed E-state index contributed by atoms with van der Waals surface area (Å²) in [5.74, 6) is -0.520. The second-order valence-corrected chi connectivity index (χ2v) is 4.28. The van der Waals surface area contributed by atoms with Gasteiger partial charge in [0.15, 0.2) is 0 Å². The molecule has 1 aromatic carbocycles. The number of halogens is 1. The molecule has 0 aliphatic rings. The Morgan fingerprint density at radius 3 is 2.70 bits per heavy atom. The van der Waals surface area contributed by atoms with Crippen molar-refractivity contribution in [3.8, 4) is 0 Å². The molecule has 7 heteroatoms. The monoisotopic (exact) mass is 278 g/mol. The van der Waals surface area contributed by atoms with Gasteiger partial charge in [-0.2, -0.15) is 0 Å². The van der Waals surface area contributed by atoms with E-state index in [1.165, 1.54) is 23.9 Å². The third-order valence-corrected chi connectivity index (χ3v) is 2.92. The average Bonchev–Trinajstić information content (AvgIpc) is 2.83. The zero-order valence-corrected chi connectivity index (χ0v) is 11.0. The number of rotatable bonds is 5. The minimum atomic E-state index is -0.312. The van der Waals surface area contributed by atoms with Crippen molar-refractivity contribution in [2.45, 2.75) is 19.6 Å². The van der Waals surface area contributed by atoms with Gasteiger partial charge in [0.2, 0.25) is 5.91 Å². The Labute approximate surface area is 115 Å². The summed E-state index contributed by atoms with van der Waals surface area (Å²) in [6.45, 7) is -0.232. The van der Waals surface area contributed by atoms with Gasteiger partial charge in [0.1, 0.15) is 18.1 Å². The lowest BCUT2D eigenvalue weighted by Crippen LogP contribution is -2.25. The number of benzene rings is 1. The summed E-state index contributed by atoms with van der Waals surface area (Å²) in [6.07, 6.45) is 0.417. The van der Waals surface area contributed by atoms with Crippen molar-refractivity contribution < 1.29 is 14.3 Å². The highest BCUT2D eigenvalue weighted by Crippen LogP contribution is 2.13. The van der Waals surface area contributed by atoms with Crippen LogP contribution in [0.5, 0.6) is 0 Å². The van der Waals surface area contributed by atoms with Gasteiger partial charge in [-0.05, 0) is 17.7 Å². The lowest BCUT2D eigenvalue weighted by Gasteiger charge is -2.07. The maximum absolute atomic E-state index is 12.9. The van der Waals surface area contributed by atoms with Gasteiger partial charge in [0.25, 0.3) is 0 Å². The largest absolute Gasteiger partial charge is 0.390 e. The van der Waals surface area contributed by atoms with E-state index in [2.05, 4.69) is 15.6 Å². The minimum Gasteiger partial charge on any atom is -0.390 e. The van der Waals surface area contributed by atoms with Crippen LogP contribution in [0.25, 0.3) is 0 Å². The van der Waals surface area contributed by atoms with Crippen LogP contribution in [0.3, 0.4) is 0 Å². The van der Waals surface area contributed by atoms with Crippen LogP contribution in [0.1, 0.15) is 17.0 Å². The second kappa shape index (κ2) is 6.25. The first-order valence-electron chi connectivity index (χ1n) is 6.11. The van der Waals surface area contributed by atoms with Crippen LogP contribution >= 0.6 is 0 Å². The molecule has 0 saturated heterocycles. The molecule has 1 heterocycles. The molecule has 0 aliphatic carbocycles. The van der Waals surface area contributed by atoms with Gasteiger partial charge < -0.3 is 10.4 Å². The zero-order valence-electron chi connectivity index (χ0n) is 11.0. The summed E-state index contributed by atoms with van der Waals surface area (Å²) in [6, 6.07) is 6.02. The molecule has 0 saturated carbocycles. The van der Waals surface area contributed by atoms with E-state index in [1.54, 1.807) is 12.1 Å². The molecule has 20 heavy (non-hydrogen) atoms. The van der Waals surface area contributed by atoms with E-state index >= 15 is 0 Å². The van der Waals surface area contributed by atoms with E-state index in [0.29, 0.717) is 17.8 Å². The Morgan fingerprint density at radius 1 is 1.40 bits per heavy atom. The third kappa shape index (κ3) is 3.18. The lowest BCUT2D eigenvalue weighted by atomic mass is 10.1. The number of hydrogen-bond acceptors (Lipinski definition) is 4. The first-order valence-corrected chi connectivity index (χ1v) is 6.11. The van der Waals surface area contributed by atoms with Crippen molar-refractivity contribution >= 4 is 5.91 Å². The predicted octanol–water partition coefficient (Wildman–Crippen LogP) is 0.246. The highest BCUT2D eigenvalue weighted by Gasteiger charge is 2.14. The lowest BCUT2D eigenvalue weighted by molar-refractivity contribution is -0.121. The molecule has 0 bridgehead atoms. The van der Waals surface area contributed by atoms with Crippen molar-refractivity contribution in [1.82, 2.24) is 20.3 Å². The number of carbonyl (C=O) groups excluding carboxylic acids is 1. The van der Waals surface area contributed by atoms with Crippen LogP contribution in [0.2, 0.25) is 0 Å². The van der Waals surface area contributed by atoms with E-state index in [4.69, 9.17) is 0 Å². The summed E-state index contributed by atoms with van der Waals surface area (Å²) < 4.78 is 14.3. The molecule has 2 rings (SSSR count). The summed E-state index contributed by atoms with van der Waals surface area (Å²) >= 11 is 0. The third-order valence-electron chi connectivity index (χ3n) is 2.92. The number of amides is 1. The molecule has 1 aromatic heterocycles. The number of nitrogens with zero attached hydrogens (tertiary/aromatic N) is 3. The van der Waals surface area contributed by atoms with Crippen molar-refractivity contribution in [2.75, 3.05) is 7.05 Å². The van der Waals surface area contributed by atoms with Gasteiger partial charge in [-0.25, -0.2) is 9.07 Å². The Bertz CT molecular complexity index is 595. The van der Waals surface area contributed by atoms with Gasteiger partial charge >= 0.3 is 0 Å². The van der Waals surface area contributed by atoms with Crippen LogP contribution in [0.4, 0.5) is 4.39 Å². The van der Waals surface area contributed by atoms with Gasteiger partial charge in [0.05, 0.1) is 12.3 Å². The maximum Gasteiger partial charge on any atom is 0.241 e. The first-order chi connectivity index (χ1) is 9.63. The van der Waals surface area contributed by atoms with E-state index in [0.717, 1.165) is 5.56 Å². The Kier molecular flexibility index (Phi) is 4.41. The second-order valence-electron chi connectivity index (χ2n) is 4.28. The fourth-order valence-electron chi connectivity index (χ4n) is 1.82. The van der Waals surface area contributed by atoms with Crippen LogP contribution in [-0.4, -0.2) is 33.1 Å². The van der Waals surface area contributed by atoms with Crippen LogP contribution < -0.4 is 5.32 Å². The molecule has 6 nitrogen and oxygen atoms in total. The predicted molar refractivity (Wildman–Crippen MR) is 69.2 cm³/mol. The minimum absolute atomic E-state index is 0.0278. The topological polar surface area (TPSA) is 80.0 Å². The fourth-order valence-corrected chi connectivity index (χ4v) is 1.82. The summed E-state index contributed by atoms with van der Waals surface area (Å²) in [5.41, 5.74) is 1.91. The molecule has 0 atom stereocenters. The maximum atomic E-state index is 12.9. The normalized spacial score (nSPS) is 10.6. The van der Waals surface area contributed by atoms with Crippen LogP contribution in [0.15, 0.2) is 24.3 Å². The van der Waals surface area contributed by atoms with Crippen LogP contribution in [0, 0.1) is 5.82 Å². The number of nitrogens with one attached hydrogen (secondary N) is 1. The van der Waals surface area contributed by atoms with Gasteiger partial charge in [-0.1, -0.05) is 17.3 Å². The quantitative estimate of drug-likeness (QED) is 0.821. The van der Waals surface area contributed by atoms with E-state index in [9.17, 15) is 14.3 Å². The SMILES string of the molecule is CNC(=O)Cn1nnc(CO)c1Cc1ccc(F)cc1. The molecule has 106 valence electrons. The zero-order chi connectivity index (χ0) is 14.5. The molecule has 1 amide bonds. The van der Waals surface area contributed by atoms with Gasteiger partial charge in [-0.3, -0.25) is 4.79 Å². The number of aliphatic hydroxyl groups excluding tert-OH is 1. The summed E-state index contributed by atoms with van der Waals surface area (Å²) in [7, 11) is 1.53. The van der Waals surface area contributed by atoms with Gasteiger partial charge in [0, 0.05) is 13.5 Å². The summed E-state index contributed by atoms with van der Waals surface area (Å²) in [5, 5.41) is 19.5. The fraction of sp³-hybridized carbons (Fsp3) is 0.308. The smallest absolute Gasteiger partial charge is 0.241 e. The Balaban J connectivity index is 2.26. The summed E-state index contributed by atoms with van der Waals surface area (Å²) in [4.78, 5) is 11.4. The first kappa shape index (κ1) is 14.1. The number of hydrogen-bond donors (Lipinski definition) is 2. The molecule has 0 aliphatic heterocycles. The molecule has 0 radical (unpaired) electrons. The highest BCUT2D eigenvalue weighted by atomic mass is 19.1. The molecule has 0 spiro atoms. The average molecular weight is 278 g/mol. The number of carbonyl (C=O) groups is 1. The van der Waals surface area contributed by atoms with E-state index in [1.807, 2.05) is 0 Å². The molecule has 2 aromatic rings. The molecule has 0 fully saturated rings. The molecular formula is C13H15FN4O2. The Morgan fingerprint density at radius 2 is 2.10 bits per heavy atom.